The zero-order chi connectivity index (χ0) is 12.3. The van der Waals surface area contributed by atoms with E-state index in [1.165, 1.54) is 12.0 Å². The molecule has 0 saturated heterocycles. The summed E-state index contributed by atoms with van der Waals surface area (Å²) >= 11 is 0. The lowest BCUT2D eigenvalue weighted by molar-refractivity contribution is -0.137. The van der Waals surface area contributed by atoms with Crippen molar-refractivity contribution in [2.45, 2.75) is 32.9 Å². The molecule has 1 rings (SSSR count). The molecular weight excluding hydrogens is 215 g/mol. The summed E-state index contributed by atoms with van der Waals surface area (Å²) in [6.45, 7) is 3.91. The summed E-state index contributed by atoms with van der Waals surface area (Å²) in [4.78, 5) is 0. The van der Waals surface area contributed by atoms with E-state index in [2.05, 4.69) is 0 Å². The molecule has 0 aliphatic rings. The van der Waals surface area contributed by atoms with Gasteiger partial charge in [0.15, 0.2) is 0 Å². The van der Waals surface area contributed by atoms with Crippen molar-refractivity contribution in [1.29, 1.82) is 0 Å². The standard InChI is InChI=1S/C12H15F3N/c1-8(2)3-4-9-5-10(12(13,14)15)7-11(16)6-9/h5-7H,3-4,16H2,1-2H3. The SMILES string of the molecule is C[C](C)CCc1cc(N)cc(C(F)(F)F)c1. The van der Waals surface area contributed by atoms with Crippen LogP contribution in [0.25, 0.3) is 0 Å². The maximum atomic E-state index is 12.5. The van der Waals surface area contributed by atoms with Gasteiger partial charge in [-0.05, 0) is 42.5 Å². The first-order valence-electron chi connectivity index (χ1n) is 5.04. The average molecular weight is 230 g/mol. The molecule has 0 heterocycles. The molecule has 0 unspecified atom stereocenters. The summed E-state index contributed by atoms with van der Waals surface area (Å²) in [5, 5.41) is 0. The van der Waals surface area contributed by atoms with Crippen molar-refractivity contribution >= 4 is 5.69 Å². The second kappa shape index (κ2) is 4.76. The van der Waals surface area contributed by atoms with Gasteiger partial charge < -0.3 is 5.73 Å². The van der Waals surface area contributed by atoms with Gasteiger partial charge in [0.05, 0.1) is 5.56 Å². The van der Waals surface area contributed by atoms with Gasteiger partial charge in [0.2, 0.25) is 0 Å². The molecule has 0 bridgehead atoms. The number of halogens is 3. The second-order valence-corrected chi connectivity index (χ2v) is 4.17. The van der Waals surface area contributed by atoms with Crippen molar-refractivity contribution in [1.82, 2.24) is 0 Å². The number of alkyl halides is 3. The molecule has 1 radical (unpaired) electrons. The Morgan fingerprint density at radius 3 is 2.31 bits per heavy atom. The Balaban J connectivity index is 2.90. The number of hydrogen-bond donors (Lipinski definition) is 1. The molecule has 0 amide bonds. The van der Waals surface area contributed by atoms with E-state index in [4.69, 9.17) is 5.73 Å². The average Bonchev–Trinajstić information content (AvgIpc) is 2.12. The second-order valence-electron chi connectivity index (χ2n) is 4.17. The van der Waals surface area contributed by atoms with Crippen molar-refractivity contribution in [3.8, 4) is 0 Å². The zero-order valence-corrected chi connectivity index (χ0v) is 9.36. The van der Waals surface area contributed by atoms with Gasteiger partial charge in [-0.15, -0.1) is 0 Å². The van der Waals surface area contributed by atoms with Crippen LogP contribution in [-0.2, 0) is 12.6 Å². The number of anilines is 1. The third kappa shape index (κ3) is 3.76. The Hall–Kier alpha value is -1.19. The lowest BCUT2D eigenvalue weighted by Crippen LogP contribution is -2.07. The minimum Gasteiger partial charge on any atom is -0.399 e. The summed E-state index contributed by atoms with van der Waals surface area (Å²) in [7, 11) is 0. The van der Waals surface area contributed by atoms with Crippen LogP contribution in [0.2, 0.25) is 0 Å². The Labute approximate surface area is 93.5 Å². The Kier molecular flexibility index (Phi) is 3.83. The Morgan fingerprint density at radius 1 is 1.19 bits per heavy atom. The first kappa shape index (κ1) is 12.9. The predicted octanol–water partition coefficient (Wildman–Crippen LogP) is 3.83. The van der Waals surface area contributed by atoms with Crippen LogP contribution in [0.1, 0.15) is 31.4 Å². The summed E-state index contributed by atoms with van der Waals surface area (Å²) in [5.41, 5.74) is 5.58. The van der Waals surface area contributed by atoms with E-state index in [1.54, 1.807) is 6.07 Å². The minimum atomic E-state index is -4.32. The molecule has 0 aliphatic heterocycles. The topological polar surface area (TPSA) is 26.0 Å². The van der Waals surface area contributed by atoms with Gasteiger partial charge in [-0.3, -0.25) is 0 Å². The van der Waals surface area contributed by atoms with Crippen molar-refractivity contribution in [2.75, 3.05) is 5.73 Å². The molecule has 0 spiro atoms. The Morgan fingerprint density at radius 2 is 1.81 bits per heavy atom. The molecule has 0 aromatic heterocycles. The van der Waals surface area contributed by atoms with E-state index in [-0.39, 0.29) is 5.69 Å². The molecule has 89 valence electrons. The highest BCUT2D eigenvalue weighted by Crippen LogP contribution is 2.31. The van der Waals surface area contributed by atoms with Crippen molar-refractivity contribution in [3.63, 3.8) is 0 Å². The number of nitrogens with two attached hydrogens (primary N) is 1. The fourth-order valence-corrected chi connectivity index (χ4v) is 1.42. The van der Waals surface area contributed by atoms with Gasteiger partial charge in [0, 0.05) is 5.69 Å². The molecule has 16 heavy (non-hydrogen) atoms. The number of benzene rings is 1. The molecule has 0 saturated carbocycles. The summed E-state index contributed by atoms with van der Waals surface area (Å²) in [6.07, 6.45) is -2.95. The molecule has 0 aliphatic carbocycles. The van der Waals surface area contributed by atoms with E-state index in [0.717, 1.165) is 12.5 Å². The van der Waals surface area contributed by atoms with Crippen LogP contribution in [0.15, 0.2) is 18.2 Å². The van der Waals surface area contributed by atoms with Gasteiger partial charge in [-0.1, -0.05) is 13.8 Å². The van der Waals surface area contributed by atoms with Crippen molar-refractivity contribution in [2.24, 2.45) is 0 Å². The van der Waals surface area contributed by atoms with Crippen LogP contribution < -0.4 is 5.73 Å². The van der Waals surface area contributed by atoms with E-state index in [1.807, 2.05) is 13.8 Å². The smallest absolute Gasteiger partial charge is 0.399 e. The van der Waals surface area contributed by atoms with Gasteiger partial charge in [0.1, 0.15) is 0 Å². The highest BCUT2D eigenvalue weighted by Gasteiger charge is 2.30. The van der Waals surface area contributed by atoms with E-state index in [9.17, 15) is 13.2 Å². The maximum absolute atomic E-state index is 12.5. The van der Waals surface area contributed by atoms with Gasteiger partial charge in [-0.25, -0.2) is 0 Å². The van der Waals surface area contributed by atoms with Crippen LogP contribution in [0.5, 0.6) is 0 Å². The highest BCUT2D eigenvalue weighted by atomic mass is 19.4. The first-order chi connectivity index (χ1) is 7.29. The molecule has 0 fully saturated rings. The summed E-state index contributed by atoms with van der Waals surface area (Å²) < 4.78 is 37.5. The Bertz CT molecular complexity index is 356. The quantitative estimate of drug-likeness (QED) is 0.784. The van der Waals surface area contributed by atoms with E-state index < -0.39 is 11.7 Å². The van der Waals surface area contributed by atoms with Gasteiger partial charge in [-0.2, -0.15) is 13.2 Å². The van der Waals surface area contributed by atoms with E-state index >= 15 is 0 Å². The summed E-state index contributed by atoms with van der Waals surface area (Å²) in [5.74, 6) is 1.19. The number of hydrogen-bond acceptors (Lipinski definition) is 1. The largest absolute Gasteiger partial charge is 0.416 e. The van der Waals surface area contributed by atoms with Gasteiger partial charge >= 0.3 is 6.18 Å². The summed E-state index contributed by atoms with van der Waals surface area (Å²) in [6, 6.07) is 3.73. The highest BCUT2D eigenvalue weighted by molar-refractivity contribution is 5.45. The lowest BCUT2D eigenvalue weighted by Gasteiger charge is -2.11. The van der Waals surface area contributed by atoms with Crippen molar-refractivity contribution < 1.29 is 13.2 Å². The van der Waals surface area contributed by atoms with Crippen LogP contribution >= 0.6 is 0 Å². The fourth-order valence-electron chi connectivity index (χ4n) is 1.42. The third-order valence-electron chi connectivity index (χ3n) is 2.26. The number of nitrogen functional groups attached to an aromatic ring is 1. The molecule has 1 aromatic rings. The molecule has 1 nitrogen and oxygen atoms in total. The van der Waals surface area contributed by atoms with Crippen LogP contribution in [-0.4, -0.2) is 0 Å². The molecule has 1 aromatic carbocycles. The van der Waals surface area contributed by atoms with Crippen LogP contribution in [0, 0.1) is 5.92 Å². The molecule has 4 heteroatoms. The monoisotopic (exact) mass is 230 g/mol. The molecular formula is C12H15F3N. The van der Waals surface area contributed by atoms with Crippen LogP contribution in [0.4, 0.5) is 18.9 Å². The lowest BCUT2D eigenvalue weighted by atomic mass is 10.0. The van der Waals surface area contributed by atoms with E-state index in [0.29, 0.717) is 12.0 Å². The normalized spacial score (nSPS) is 12.1. The number of rotatable bonds is 3. The fraction of sp³-hybridized carbons (Fsp3) is 0.417. The minimum absolute atomic E-state index is 0.165. The third-order valence-corrected chi connectivity index (χ3v) is 2.26. The molecule has 2 N–H and O–H groups in total. The predicted molar refractivity (Wildman–Crippen MR) is 58.8 cm³/mol. The number of aryl methyl sites for hydroxylation is 1. The zero-order valence-electron chi connectivity index (χ0n) is 9.36. The van der Waals surface area contributed by atoms with Crippen molar-refractivity contribution in [3.05, 3.63) is 35.2 Å². The first-order valence-corrected chi connectivity index (χ1v) is 5.04. The van der Waals surface area contributed by atoms with Gasteiger partial charge in [0.25, 0.3) is 0 Å². The van der Waals surface area contributed by atoms with Crippen LogP contribution in [0.3, 0.4) is 0 Å². The maximum Gasteiger partial charge on any atom is 0.416 e. The molecule has 0 atom stereocenters.